The van der Waals surface area contributed by atoms with E-state index in [2.05, 4.69) is 29.0 Å². The van der Waals surface area contributed by atoms with Crippen LogP contribution in [0.25, 0.3) is 11.4 Å². The molecule has 0 atom stereocenters. The number of anilines is 1. The molecule has 8 heteroatoms. The van der Waals surface area contributed by atoms with Gasteiger partial charge in [0.15, 0.2) is 16.8 Å². The predicted molar refractivity (Wildman–Crippen MR) is 132 cm³/mol. The molecule has 3 aromatic rings. The second-order valence-electron chi connectivity index (χ2n) is 7.40. The minimum atomic E-state index is -0.168. The van der Waals surface area contributed by atoms with Crippen LogP contribution < -0.4 is 10.1 Å². The second-order valence-corrected chi connectivity index (χ2v) is 8.34. The van der Waals surface area contributed by atoms with E-state index in [9.17, 15) is 9.59 Å². The number of aromatic nitrogens is 3. The number of nitrogens with one attached hydrogen (secondary N) is 1. The Morgan fingerprint density at radius 2 is 1.85 bits per heavy atom. The highest BCUT2D eigenvalue weighted by atomic mass is 32.2. The van der Waals surface area contributed by atoms with E-state index in [0.29, 0.717) is 35.4 Å². The molecule has 0 fully saturated rings. The third-order valence-electron chi connectivity index (χ3n) is 4.82. The molecule has 1 aromatic heterocycles. The number of benzene rings is 2. The van der Waals surface area contributed by atoms with Crippen molar-refractivity contribution in [2.75, 3.05) is 17.7 Å². The summed E-state index contributed by atoms with van der Waals surface area (Å²) in [5.74, 6) is 1.52. The molecular formula is C25H28N4O3S. The lowest BCUT2D eigenvalue weighted by atomic mass is 10.1. The third-order valence-corrected chi connectivity index (χ3v) is 5.78. The maximum atomic E-state index is 12.4. The Kier molecular flexibility index (Phi) is 8.83. The Hall–Kier alpha value is -3.39. The van der Waals surface area contributed by atoms with E-state index in [1.807, 2.05) is 28.8 Å². The van der Waals surface area contributed by atoms with Gasteiger partial charge in [0.05, 0.1) is 12.4 Å². The Morgan fingerprint density at radius 1 is 1.12 bits per heavy atom. The van der Waals surface area contributed by atoms with Gasteiger partial charge in [0, 0.05) is 23.4 Å². The lowest BCUT2D eigenvalue weighted by molar-refractivity contribution is -0.113. The smallest absolute Gasteiger partial charge is 0.234 e. The zero-order chi connectivity index (χ0) is 23.6. The van der Waals surface area contributed by atoms with Crippen molar-refractivity contribution in [1.29, 1.82) is 0 Å². The summed E-state index contributed by atoms with van der Waals surface area (Å²) in [6, 6.07) is 14.6. The maximum absolute atomic E-state index is 12.4. The van der Waals surface area contributed by atoms with Gasteiger partial charge in [0.25, 0.3) is 0 Å². The molecule has 1 heterocycles. The van der Waals surface area contributed by atoms with Crippen LogP contribution in [0.2, 0.25) is 0 Å². The van der Waals surface area contributed by atoms with Crippen molar-refractivity contribution in [3.05, 3.63) is 66.7 Å². The van der Waals surface area contributed by atoms with E-state index in [4.69, 9.17) is 4.74 Å². The fourth-order valence-electron chi connectivity index (χ4n) is 3.05. The lowest BCUT2D eigenvalue weighted by Crippen LogP contribution is -2.14. The highest BCUT2D eigenvalue weighted by molar-refractivity contribution is 7.99. The molecule has 0 radical (unpaired) electrons. The minimum absolute atomic E-state index is 0.0144. The summed E-state index contributed by atoms with van der Waals surface area (Å²) in [5.41, 5.74) is 2.15. The molecule has 0 aliphatic carbocycles. The number of amides is 1. The van der Waals surface area contributed by atoms with Crippen LogP contribution >= 0.6 is 11.8 Å². The van der Waals surface area contributed by atoms with Crippen LogP contribution in [0.15, 0.2) is 66.3 Å². The van der Waals surface area contributed by atoms with Gasteiger partial charge in [-0.3, -0.25) is 14.2 Å². The number of thioether (sulfide) groups is 1. The van der Waals surface area contributed by atoms with Gasteiger partial charge in [0.2, 0.25) is 5.91 Å². The zero-order valence-electron chi connectivity index (χ0n) is 18.9. The Morgan fingerprint density at radius 3 is 2.48 bits per heavy atom. The van der Waals surface area contributed by atoms with Gasteiger partial charge < -0.3 is 10.1 Å². The second kappa shape index (κ2) is 12.0. The zero-order valence-corrected chi connectivity index (χ0v) is 19.7. The first-order chi connectivity index (χ1) is 16.0. The average Bonchev–Trinajstić information content (AvgIpc) is 3.21. The molecule has 0 aliphatic rings. The number of Topliss-reactive ketones (excluding diaryl/α,β-unsaturated/α-hetero) is 1. The number of nitrogens with zero attached hydrogens (tertiary/aromatic N) is 3. The van der Waals surface area contributed by atoms with Crippen LogP contribution in [0.3, 0.4) is 0 Å². The molecule has 0 unspecified atom stereocenters. The highest BCUT2D eigenvalue weighted by Crippen LogP contribution is 2.26. The Balaban J connectivity index is 1.64. The van der Waals surface area contributed by atoms with Gasteiger partial charge in [-0.05, 0) is 61.9 Å². The summed E-state index contributed by atoms with van der Waals surface area (Å²) >= 11 is 1.31. The number of hydrogen-bond donors (Lipinski definition) is 1. The van der Waals surface area contributed by atoms with Crippen molar-refractivity contribution in [3.8, 4) is 17.1 Å². The van der Waals surface area contributed by atoms with Gasteiger partial charge in [-0.15, -0.1) is 16.8 Å². The molecule has 172 valence electrons. The summed E-state index contributed by atoms with van der Waals surface area (Å²) < 4.78 is 7.66. The molecule has 0 saturated carbocycles. The number of rotatable bonds is 12. The standard InChI is InChI=1S/C25H28N4O3S/c1-4-6-16-32-22-13-9-20(10-14-22)24-27-28-25(29(24)15-5-2)33-17-23(31)26-21-11-7-19(8-12-21)18(3)30/h5,7-14H,2,4,6,15-17H2,1,3H3,(H,26,31). The van der Waals surface area contributed by atoms with E-state index >= 15 is 0 Å². The molecule has 0 aliphatic heterocycles. The van der Waals surface area contributed by atoms with Crippen LogP contribution in [0.5, 0.6) is 5.75 Å². The number of unbranched alkanes of at least 4 members (excludes halogenated alkanes) is 1. The summed E-state index contributed by atoms with van der Waals surface area (Å²) in [4.78, 5) is 23.8. The molecule has 0 bridgehead atoms. The summed E-state index contributed by atoms with van der Waals surface area (Å²) in [5, 5.41) is 12.1. The Bertz CT molecular complexity index is 1090. The Labute approximate surface area is 198 Å². The summed E-state index contributed by atoms with van der Waals surface area (Å²) in [7, 11) is 0. The molecule has 0 saturated heterocycles. The molecule has 7 nitrogen and oxygen atoms in total. The van der Waals surface area contributed by atoms with E-state index in [1.54, 1.807) is 30.3 Å². The monoisotopic (exact) mass is 464 g/mol. The van der Waals surface area contributed by atoms with Gasteiger partial charge in [-0.25, -0.2) is 0 Å². The lowest BCUT2D eigenvalue weighted by Gasteiger charge is -2.09. The van der Waals surface area contributed by atoms with E-state index in [0.717, 1.165) is 24.2 Å². The molecular weight excluding hydrogens is 436 g/mol. The van der Waals surface area contributed by atoms with Gasteiger partial charge in [0.1, 0.15) is 5.75 Å². The van der Waals surface area contributed by atoms with E-state index in [1.165, 1.54) is 18.7 Å². The largest absolute Gasteiger partial charge is 0.494 e. The number of ether oxygens (including phenoxy) is 1. The van der Waals surface area contributed by atoms with Crippen molar-refractivity contribution in [2.45, 2.75) is 38.4 Å². The van der Waals surface area contributed by atoms with E-state index < -0.39 is 0 Å². The summed E-state index contributed by atoms with van der Waals surface area (Å²) in [6.45, 7) is 8.69. The van der Waals surface area contributed by atoms with Crippen molar-refractivity contribution >= 4 is 29.1 Å². The fraction of sp³-hybridized carbons (Fsp3) is 0.280. The van der Waals surface area contributed by atoms with Crippen LogP contribution in [0.4, 0.5) is 5.69 Å². The van der Waals surface area contributed by atoms with Gasteiger partial charge in [-0.2, -0.15) is 0 Å². The number of carbonyl (C=O) groups is 2. The van der Waals surface area contributed by atoms with E-state index in [-0.39, 0.29) is 17.4 Å². The number of ketones is 1. The minimum Gasteiger partial charge on any atom is -0.494 e. The average molecular weight is 465 g/mol. The van der Waals surface area contributed by atoms with Crippen LogP contribution in [0, 0.1) is 0 Å². The quantitative estimate of drug-likeness (QED) is 0.171. The molecule has 1 N–H and O–H groups in total. The van der Waals surface area contributed by atoms with Crippen LogP contribution in [-0.4, -0.2) is 38.8 Å². The highest BCUT2D eigenvalue weighted by Gasteiger charge is 2.15. The predicted octanol–water partition coefficient (Wildman–Crippen LogP) is 5.24. The van der Waals surface area contributed by atoms with Gasteiger partial charge >= 0.3 is 0 Å². The van der Waals surface area contributed by atoms with Gasteiger partial charge in [-0.1, -0.05) is 31.2 Å². The first-order valence-electron chi connectivity index (χ1n) is 10.8. The molecule has 0 spiro atoms. The number of allylic oxidation sites excluding steroid dienone is 1. The molecule has 33 heavy (non-hydrogen) atoms. The molecule has 2 aromatic carbocycles. The normalized spacial score (nSPS) is 10.6. The van der Waals surface area contributed by atoms with Crippen LogP contribution in [-0.2, 0) is 11.3 Å². The topological polar surface area (TPSA) is 86.1 Å². The molecule has 1 amide bonds. The van der Waals surface area contributed by atoms with Crippen molar-refractivity contribution in [2.24, 2.45) is 0 Å². The SMILES string of the molecule is C=CCn1c(SCC(=O)Nc2ccc(C(C)=O)cc2)nnc1-c1ccc(OCCCC)cc1. The van der Waals surface area contributed by atoms with Crippen LogP contribution in [0.1, 0.15) is 37.0 Å². The first kappa shape index (κ1) is 24.3. The number of carbonyl (C=O) groups excluding carboxylic acids is 2. The van der Waals surface area contributed by atoms with Crippen molar-refractivity contribution < 1.29 is 14.3 Å². The summed E-state index contributed by atoms with van der Waals surface area (Å²) in [6.07, 6.45) is 3.89. The maximum Gasteiger partial charge on any atom is 0.234 e. The molecule has 3 rings (SSSR count). The van der Waals surface area contributed by atoms with Crippen molar-refractivity contribution in [3.63, 3.8) is 0 Å². The number of hydrogen-bond acceptors (Lipinski definition) is 6. The van der Waals surface area contributed by atoms with Crippen molar-refractivity contribution in [1.82, 2.24) is 14.8 Å². The fourth-order valence-corrected chi connectivity index (χ4v) is 3.80. The third kappa shape index (κ3) is 6.79. The first-order valence-corrected chi connectivity index (χ1v) is 11.8.